The molecule has 1 heterocycles. The van der Waals surface area contributed by atoms with Crippen LogP contribution < -0.4 is 10.6 Å². The van der Waals surface area contributed by atoms with Crippen molar-refractivity contribution in [3.63, 3.8) is 0 Å². The Morgan fingerprint density at radius 3 is 2.47 bits per heavy atom. The van der Waals surface area contributed by atoms with Crippen molar-refractivity contribution >= 4 is 17.6 Å². The maximum atomic E-state index is 13.0. The molecule has 1 amide bonds. The molecule has 3 rings (SSSR count). The van der Waals surface area contributed by atoms with E-state index in [1.165, 1.54) is 0 Å². The zero-order valence-corrected chi connectivity index (χ0v) is 16.9. The number of aromatic nitrogens is 1. The number of esters is 1. The summed E-state index contributed by atoms with van der Waals surface area (Å²) in [7, 11) is 0. The molecule has 2 N–H and O–H groups in total. The van der Waals surface area contributed by atoms with Gasteiger partial charge in [0.15, 0.2) is 0 Å². The standard InChI is InChI=1S/C24H25N3O3/c1-2-30-23(28)17-26-22(15-18-7-4-3-5-8-18)24(29)27-21-10-6-9-20(16-21)19-11-13-25-14-12-19/h3-14,16,22,26H,2,15,17H2,1H3,(H,27,29). The molecule has 0 radical (unpaired) electrons. The highest BCUT2D eigenvalue weighted by molar-refractivity contribution is 5.95. The molecule has 0 aliphatic carbocycles. The molecular formula is C24H25N3O3. The van der Waals surface area contributed by atoms with E-state index in [0.717, 1.165) is 16.7 Å². The van der Waals surface area contributed by atoms with Crippen LogP contribution in [0.15, 0.2) is 79.1 Å². The van der Waals surface area contributed by atoms with Crippen molar-refractivity contribution < 1.29 is 14.3 Å². The number of ether oxygens (including phenoxy) is 1. The lowest BCUT2D eigenvalue weighted by Gasteiger charge is -2.18. The van der Waals surface area contributed by atoms with Gasteiger partial charge in [0.2, 0.25) is 5.91 Å². The second-order valence-corrected chi connectivity index (χ2v) is 6.73. The summed E-state index contributed by atoms with van der Waals surface area (Å²) < 4.78 is 4.97. The maximum absolute atomic E-state index is 13.0. The SMILES string of the molecule is CCOC(=O)CNC(Cc1ccccc1)C(=O)Nc1cccc(-c2ccncc2)c1. The van der Waals surface area contributed by atoms with Crippen LogP contribution in [0, 0.1) is 0 Å². The first-order valence-corrected chi connectivity index (χ1v) is 9.90. The predicted molar refractivity (Wildman–Crippen MR) is 117 cm³/mol. The number of nitrogens with zero attached hydrogens (tertiary/aromatic N) is 1. The van der Waals surface area contributed by atoms with Gasteiger partial charge in [-0.25, -0.2) is 0 Å². The van der Waals surface area contributed by atoms with Gasteiger partial charge in [-0.2, -0.15) is 0 Å². The Morgan fingerprint density at radius 1 is 0.967 bits per heavy atom. The third-order valence-corrected chi connectivity index (χ3v) is 4.54. The molecule has 3 aromatic rings. The predicted octanol–water partition coefficient (Wildman–Crippen LogP) is 3.45. The van der Waals surface area contributed by atoms with Crippen LogP contribution in [0.5, 0.6) is 0 Å². The Bertz CT molecular complexity index is 962. The second kappa shape index (κ2) is 10.9. The van der Waals surface area contributed by atoms with Gasteiger partial charge in [0.25, 0.3) is 0 Å². The minimum atomic E-state index is -0.582. The molecule has 6 heteroatoms. The smallest absolute Gasteiger partial charge is 0.319 e. The second-order valence-electron chi connectivity index (χ2n) is 6.73. The average molecular weight is 403 g/mol. The minimum Gasteiger partial charge on any atom is -0.465 e. The normalized spacial score (nSPS) is 11.5. The Morgan fingerprint density at radius 2 is 1.73 bits per heavy atom. The van der Waals surface area contributed by atoms with E-state index in [1.54, 1.807) is 19.3 Å². The highest BCUT2D eigenvalue weighted by atomic mass is 16.5. The first kappa shape index (κ1) is 21.2. The number of hydrogen-bond acceptors (Lipinski definition) is 5. The molecule has 0 saturated carbocycles. The van der Waals surface area contributed by atoms with Crippen molar-refractivity contribution in [1.29, 1.82) is 0 Å². The van der Waals surface area contributed by atoms with Gasteiger partial charge in [-0.15, -0.1) is 0 Å². The van der Waals surface area contributed by atoms with Gasteiger partial charge in [-0.3, -0.25) is 19.9 Å². The first-order chi connectivity index (χ1) is 14.7. The minimum absolute atomic E-state index is 0.0319. The van der Waals surface area contributed by atoms with Crippen molar-refractivity contribution in [1.82, 2.24) is 10.3 Å². The molecule has 30 heavy (non-hydrogen) atoms. The van der Waals surface area contributed by atoms with Gasteiger partial charge in [-0.05, 0) is 54.3 Å². The van der Waals surface area contributed by atoms with Gasteiger partial charge in [0.1, 0.15) is 0 Å². The molecular weight excluding hydrogens is 378 g/mol. The number of anilines is 1. The van der Waals surface area contributed by atoms with Crippen LogP contribution in [-0.2, 0) is 20.7 Å². The van der Waals surface area contributed by atoms with Crippen molar-refractivity contribution in [3.05, 3.63) is 84.7 Å². The molecule has 2 aromatic carbocycles. The van der Waals surface area contributed by atoms with E-state index < -0.39 is 6.04 Å². The van der Waals surface area contributed by atoms with Crippen molar-refractivity contribution in [2.24, 2.45) is 0 Å². The molecule has 0 spiro atoms. The lowest BCUT2D eigenvalue weighted by atomic mass is 10.0. The van der Waals surface area contributed by atoms with E-state index in [4.69, 9.17) is 4.74 Å². The zero-order valence-electron chi connectivity index (χ0n) is 16.9. The quantitative estimate of drug-likeness (QED) is 0.535. The molecule has 154 valence electrons. The fourth-order valence-electron chi connectivity index (χ4n) is 3.08. The molecule has 0 aliphatic rings. The summed E-state index contributed by atoms with van der Waals surface area (Å²) in [5.41, 5.74) is 3.68. The van der Waals surface area contributed by atoms with E-state index in [9.17, 15) is 9.59 Å². The van der Waals surface area contributed by atoms with E-state index >= 15 is 0 Å². The van der Waals surface area contributed by atoms with Crippen LogP contribution in [0.4, 0.5) is 5.69 Å². The number of hydrogen-bond donors (Lipinski definition) is 2. The van der Waals surface area contributed by atoms with E-state index in [1.807, 2.05) is 66.7 Å². The van der Waals surface area contributed by atoms with Crippen LogP contribution in [0.3, 0.4) is 0 Å². The molecule has 0 bridgehead atoms. The Labute approximate surface area is 176 Å². The topological polar surface area (TPSA) is 80.3 Å². The third-order valence-electron chi connectivity index (χ3n) is 4.54. The van der Waals surface area contributed by atoms with Crippen LogP contribution in [0.1, 0.15) is 12.5 Å². The summed E-state index contributed by atoms with van der Waals surface area (Å²) in [5.74, 6) is -0.599. The van der Waals surface area contributed by atoms with Crippen molar-refractivity contribution in [2.75, 3.05) is 18.5 Å². The number of benzene rings is 2. The van der Waals surface area contributed by atoms with Gasteiger partial charge in [0, 0.05) is 18.1 Å². The lowest BCUT2D eigenvalue weighted by molar-refractivity contribution is -0.142. The van der Waals surface area contributed by atoms with E-state index in [2.05, 4.69) is 15.6 Å². The molecule has 1 unspecified atom stereocenters. The summed E-state index contributed by atoms with van der Waals surface area (Å²) in [4.78, 5) is 28.8. The average Bonchev–Trinajstić information content (AvgIpc) is 2.78. The summed E-state index contributed by atoms with van der Waals surface area (Å²) in [6.45, 7) is 2.02. The molecule has 1 aromatic heterocycles. The molecule has 0 saturated heterocycles. The van der Waals surface area contributed by atoms with Crippen molar-refractivity contribution in [3.8, 4) is 11.1 Å². The summed E-state index contributed by atoms with van der Waals surface area (Å²) in [5, 5.41) is 5.98. The Kier molecular flexibility index (Phi) is 7.69. The maximum Gasteiger partial charge on any atom is 0.319 e. The van der Waals surface area contributed by atoms with Gasteiger partial charge in [0.05, 0.1) is 19.2 Å². The third kappa shape index (κ3) is 6.25. The van der Waals surface area contributed by atoms with Crippen LogP contribution in [0.2, 0.25) is 0 Å². The molecule has 0 aliphatic heterocycles. The van der Waals surface area contributed by atoms with Crippen LogP contribution >= 0.6 is 0 Å². The number of pyridine rings is 1. The number of carbonyl (C=O) groups excluding carboxylic acids is 2. The van der Waals surface area contributed by atoms with Gasteiger partial charge >= 0.3 is 5.97 Å². The highest BCUT2D eigenvalue weighted by Crippen LogP contribution is 2.22. The largest absolute Gasteiger partial charge is 0.465 e. The fourth-order valence-corrected chi connectivity index (χ4v) is 3.08. The first-order valence-electron chi connectivity index (χ1n) is 9.90. The number of nitrogens with one attached hydrogen (secondary N) is 2. The van der Waals surface area contributed by atoms with E-state index in [-0.39, 0.29) is 18.4 Å². The van der Waals surface area contributed by atoms with Crippen LogP contribution in [-0.4, -0.2) is 36.1 Å². The Hall–Kier alpha value is -3.51. The van der Waals surface area contributed by atoms with E-state index in [0.29, 0.717) is 18.7 Å². The number of amides is 1. The summed E-state index contributed by atoms with van der Waals surface area (Å²) >= 11 is 0. The number of carbonyl (C=O) groups is 2. The monoisotopic (exact) mass is 403 g/mol. The molecule has 1 atom stereocenters. The molecule has 6 nitrogen and oxygen atoms in total. The van der Waals surface area contributed by atoms with Crippen molar-refractivity contribution in [2.45, 2.75) is 19.4 Å². The highest BCUT2D eigenvalue weighted by Gasteiger charge is 2.20. The molecule has 0 fully saturated rings. The van der Waals surface area contributed by atoms with Gasteiger partial charge < -0.3 is 10.1 Å². The summed E-state index contributed by atoms with van der Waals surface area (Å²) in [6, 6.07) is 20.6. The Balaban J connectivity index is 1.72. The number of rotatable bonds is 9. The summed E-state index contributed by atoms with van der Waals surface area (Å²) in [6.07, 6.45) is 3.92. The fraction of sp³-hybridized carbons (Fsp3) is 0.208. The zero-order chi connectivity index (χ0) is 21.2. The lowest BCUT2D eigenvalue weighted by Crippen LogP contribution is -2.44. The van der Waals surface area contributed by atoms with Crippen LogP contribution in [0.25, 0.3) is 11.1 Å². The van der Waals surface area contributed by atoms with Gasteiger partial charge in [-0.1, -0.05) is 42.5 Å².